The first-order valence-corrected chi connectivity index (χ1v) is 49.3. The lowest BCUT2D eigenvalue weighted by Gasteiger charge is -2.21. The predicted molar refractivity (Wildman–Crippen MR) is 593 cm³/mol. The molecule has 23 nitrogen and oxygen atoms in total. The Morgan fingerprint density at radius 1 is 0.140 bits per heavy atom. The Balaban J connectivity index is 0.000000111. The largest absolute Gasteiger partial charge is 0.255 e. The van der Waals surface area contributed by atoms with Crippen LogP contribution in [0, 0.1) is 41.5 Å². The van der Waals surface area contributed by atoms with Gasteiger partial charge in [-0.1, -0.05) is 307 Å². The molecule has 2 aliphatic carbocycles. The van der Waals surface area contributed by atoms with E-state index in [9.17, 15) is 0 Å². The summed E-state index contributed by atoms with van der Waals surface area (Å²) >= 11 is 0. The molecule has 0 radical (unpaired) electrons. The summed E-state index contributed by atoms with van der Waals surface area (Å²) in [6, 6.07) is 125. The fourth-order valence-electron chi connectivity index (χ4n) is 18.2. The lowest BCUT2D eigenvalue weighted by Crippen LogP contribution is -2.15. The summed E-state index contributed by atoms with van der Waals surface area (Å²) in [4.78, 5) is 102. The van der Waals surface area contributed by atoms with Gasteiger partial charge in [0.1, 0.15) is 46.1 Å². The molecular weight excluding hydrogens is 1850 g/mol. The van der Waals surface area contributed by atoms with Crippen molar-refractivity contribution in [2.45, 2.75) is 80.1 Å². The topological polar surface area (TPSA) is 296 Å². The third kappa shape index (κ3) is 22.8. The number of benzene rings is 11. The maximum absolute atomic E-state index is 4.88. The predicted octanol–water partition coefficient (Wildman–Crippen LogP) is 27.7. The first-order valence-electron chi connectivity index (χ1n) is 49.3. The standard InChI is InChI=1S/C31H25N3.C28H21N3.C25H21N3.C16H13N3.C14H11N5.C13H10N6/c1-20-32-29(23-15-13-22(14-16-23)21-9-5-4-6-10-21)34-30(33-20)24-17-18-26-25-11-7-8-12-27(25)31(2,3)28(26)19-24;1-20-29-27(25-16-12-23(13-17-25)21-8-4-2-5-9-21)31-28(30-20)26-18-14-24(15-19-26)22-10-6-3-7-11-22;1-16-26-23(17-9-5-4-6-10-17)28-24(27-16)18-13-14-20-19-11-7-8-12-21(19)25(2,3)22(20)15-18;1-12-10-15(13-6-2-4-8-17-13)19-16(11-12)14-7-3-5-9-18-14;1-10-8-11(13-15-4-2-5-16-13)19-12(9-10)14-17-6-3-7-18-14;1-9-18-10(12-14-4-2-5-15-12)8-11(19-9)13-16-6-3-7-17-13/h4-19H,1-3H3;2-19H,1H3;4-15H,1-3H3;2-11H,1H3;2-9H,1H3;2-8H,1H3. The number of pyridine rings is 4. The van der Waals surface area contributed by atoms with Gasteiger partial charge in [0.25, 0.3) is 0 Å². The van der Waals surface area contributed by atoms with Crippen LogP contribution in [0.2, 0.25) is 0 Å². The molecule has 0 aliphatic heterocycles. The molecule has 150 heavy (non-hydrogen) atoms. The quantitative estimate of drug-likeness (QED) is 0.0921. The number of rotatable bonds is 15. The SMILES string of the molecule is Cc1cc(-c2ccccn2)nc(-c2ccccn2)c1.Cc1cc(-c2ncccn2)nc(-c2ncccn2)c1.Cc1nc(-c2ccc(-c3ccccc3)cc2)nc(-c2ccc(-c3ccccc3)cc2)n1.Cc1nc(-c2ccc(-c3ccccc3)cc2)nc(-c2ccc3c(c2)C(C)(C)c2ccccc2-3)n1.Cc1nc(-c2ccccc2)nc(-c2ccc3c(c2)C(C)(C)c2ccccc2-3)n1.Cc1nc(-c2ncccn2)cc(-c2ncccn2)n1. The Labute approximate surface area is 870 Å². The monoisotopic (exact) mass is 1950 g/mol. The molecule has 12 heterocycles. The lowest BCUT2D eigenvalue weighted by molar-refractivity contribution is 0.660. The van der Waals surface area contributed by atoms with E-state index in [0.29, 0.717) is 75.5 Å². The molecule has 0 unspecified atom stereocenters. The van der Waals surface area contributed by atoms with Crippen LogP contribution in [0.5, 0.6) is 0 Å². The minimum Gasteiger partial charge on any atom is -0.255 e. The highest BCUT2D eigenvalue weighted by molar-refractivity contribution is 5.85. The zero-order valence-corrected chi connectivity index (χ0v) is 84.3. The second-order valence-corrected chi connectivity index (χ2v) is 36.9. The van der Waals surface area contributed by atoms with E-state index in [0.717, 1.165) is 96.1 Å². The van der Waals surface area contributed by atoms with Crippen molar-refractivity contribution in [2.75, 3.05) is 0 Å². The molecule has 0 fully saturated rings. The Morgan fingerprint density at radius 3 is 0.680 bits per heavy atom. The summed E-state index contributed by atoms with van der Waals surface area (Å²) in [5.74, 6) is 9.33. The van der Waals surface area contributed by atoms with Crippen LogP contribution in [0.15, 0.2) is 432 Å². The molecule has 12 aromatic heterocycles. The van der Waals surface area contributed by atoms with Gasteiger partial charge in [-0.3, -0.25) is 9.97 Å². The van der Waals surface area contributed by atoms with E-state index in [-0.39, 0.29) is 10.8 Å². The number of hydrogen-bond acceptors (Lipinski definition) is 23. The van der Waals surface area contributed by atoms with Gasteiger partial charge in [-0.25, -0.2) is 105 Å². The molecule has 2 aliphatic rings. The van der Waals surface area contributed by atoms with Gasteiger partial charge in [-0.15, -0.1) is 0 Å². The maximum Gasteiger partial charge on any atom is 0.178 e. The van der Waals surface area contributed by atoms with E-state index in [2.05, 4.69) is 336 Å². The molecule has 0 bridgehead atoms. The third-order valence-corrected chi connectivity index (χ3v) is 25.5. The highest BCUT2D eigenvalue weighted by atomic mass is 15.1. The van der Waals surface area contributed by atoms with Crippen molar-refractivity contribution in [1.82, 2.24) is 115 Å². The molecule has 0 saturated heterocycles. The number of aryl methyl sites for hydroxylation is 6. The molecule has 23 heteroatoms. The van der Waals surface area contributed by atoms with Crippen molar-refractivity contribution in [3.8, 4) is 193 Å². The van der Waals surface area contributed by atoms with Gasteiger partial charge in [0.15, 0.2) is 58.2 Å². The maximum atomic E-state index is 4.88. The lowest BCUT2D eigenvalue weighted by atomic mass is 9.82. The van der Waals surface area contributed by atoms with Gasteiger partial charge < -0.3 is 0 Å². The van der Waals surface area contributed by atoms with Gasteiger partial charge in [0.2, 0.25) is 0 Å². The minimum absolute atomic E-state index is 0.0354. The van der Waals surface area contributed by atoms with E-state index in [1.165, 1.54) is 77.9 Å². The van der Waals surface area contributed by atoms with Crippen molar-refractivity contribution < 1.29 is 0 Å². The number of fused-ring (bicyclic) bond motifs is 6. The number of aromatic nitrogens is 23. The van der Waals surface area contributed by atoms with Gasteiger partial charge in [-0.2, -0.15) is 0 Å². The second kappa shape index (κ2) is 44.8. The first kappa shape index (κ1) is 97.9. The van der Waals surface area contributed by atoms with Gasteiger partial charge in [-0.05, 0) is 222 Å². The highest BCUT2D eigenvalue weighted by Gasteiger charge is 2.37. The van der Waals surface area contributed by atoms with Crippen molar-refractivity contribution in [3.63, 3.8) is 0 Å². The van der Waals surface area contributed by atoms with Crippen molar-refractivity contribution in [2.24, 2.45) is 0 Å². The summed E-state index contributed by atoms with van der Waals surface area (Å²) < 4.78 is 0. The van der Waals surface area contributed by atoms with Crippen LogP contribution >= 0.6 is 0 Å². The normalized spacial score (nSPS) is 11.8. The van der Waals surface area contributed by atoms with Gasteiger partial charge >= 0.3 is 0 Å². The van der Waals surface area contributed by atoms with Crippen LogP contribution in [-0.4, -0.2) is 115 Å². The average molecular weight is 1950 g/mol. The minimum atomic E-state index is -0.0554. The fourth-order valence-corrected chi connectivity index (χ4v) is 18.2. The second-order valence-electron chi connectivity index (χ2n) is 36.9. The summed E-state index contributed by atoms with van der Waals surface area (Å²) in [7, 11) is 0. The van der Waals surface area contributed by atoms with Crippen LogP contribution < -0.4 is 0 Å². The molecule has 11 aromatic carbocycles. The van der Waals surface area contributed by atoms with E-state index in [1.54, 1.807) is 92.3 Å². The van der Waals surface area contributed by atoms with Gasteiger partial charge in [0, 0.05) is 106 Å². The molecule has 25 rings (SSSR count). The Morgan fingerprint density at radius 2 is 0.367 bits per heavy atom. The molecule has 0 N–H and O–H groups in total. The smallest absolute Gasteiger partial charge is 0.178 e. The van der Waals surface area contributed by atoms with Crippen LogP contribution in [0.3, 0.4) is 0 Å². The zero-order chi connectivity index (χ0) is 103. The van der Waals surface area contributed by atoms with Crippen molar-refractivity contribution in [3.05, 3.63) is 489 Å². The van der Waals surface area contributed by atoms with Crippen molar-refractivity contribution in [1.29, 1.82) is 0 Å². The summed E-state index contributed by atoms with van der Waals surface area (Å²) in [5.41, 5.74) is 32.2. The Kier molecular flexibility index (Phi) is 29.2. The first-order chi connectivity index (χ1) is 73.3. The van der Waals surface area contributed by atoms with E-state index >= 15 is 0 Å². The molecule has 0 atom stereocenters. The zero-order valence-electron chi connectivity index (χ0n) is 84.3. The number of nitrogens with zero attached hydrogens (tertiary/aromatic N) is 23. The van der Waals surface area contributed by atoms with Gasteiger partial charge in [0.05, 0.1) is 22.8 Å². The van der Waals surface area contributed by atoms with E-state index < -0.39 is 0 Å². The molecular formula is C127H101N23. The summed E-state index contributed by atoms with van der Waals surface area (Å²) in [6.07, 6.45) is 17.1. The van der Waals surface area contributed by atoms with Crippen molar-refractivity contribution >= 4 is 0 Å². The fraction of sp³-hybridized carbons (Fsp3) is 0.0945. The summed E-state index contributed by atoms with van der Waals surface area (Å²) in [5, 5.41) is 0. The Hall–Kier alpha value is -19.6. The summed E-state index contributed by atoms with van der Waals surface area (Å²) in [6.45, 7) is 20.8. The average Bonchev–Trinajstić information content (AvgIpc) is 1.58. The molecule has 0 amide bonds. The molecule has 0 spiro atoms. The Bertz CT molecular complexity index is 8050. The molecule has 23 aromatic rings. The van der Waals surface area contributed by atoms with Crippen LogP contribution in [0.1, 0.15) is 84.4 Å². The molecule has 724 valence electrons. The van der Waals surface area contributed by atoms with Crippen LogP contribution in [-0.2, 0) is 10.8 Å². The van der Waals surface area contributed by atoms with E-state index in [4.69, 9.17) is 19.9 Å². The van der Waals surface area contributed by atoms with Crippen LogP contribution in [0.4, 0.5) is 0 Å². The van der Waals surface area contributed by atoms with E-state index in [1.807, 2.05) is 168 Å². The number of hydrogen-bond donors (Lipinski definition) is 0. The van der Waals surface area contributed by atoms with Crippen LogP contribution in [0.25, 0.3) is 193 Å². The third-order valence-electron chi connectivity index (χ3n) is 25.5. The molecule has 0 saturated carbocycles. The highest BCUT2D eigenvalue weighted by Crippen LogP contribution is 2.51.